The number of carbonyl (C=O) groups is 1. The Morgan fingerprint density at radius 3 is 2.58 bits per heavy atom. The second-order valence-corrected chi connectivity index (χ2v) is 6.82. The highest BCUT2D eigenvalue weighted by molar-refractivity contribution is 7.90. The second-order valence-electron chi connectivity index (χ2n) is 4.80. The highest BCUT2D eigenvalue weighted by atomic mass is 32.2. The SMILES string of the molecule is CS(=O)(=O)c1ccc(C(=O)NCC2CCCN2)cc1. The molecule has 1 aromatic carbocycles. The van der Waals surface area contributed by atoms with Crippen LogP contribution >= 0.6 is 0 Å². The van der Waals surface area contributed by atoms with Crippen LogP contribution in [0.1, 0.15) is 23.2 Å². The van der Waals surface area contributed by atoms with E-state index in [0.29, 0.717) is 18.2 Å². The Morgan fingerprint density at radius 1 is 1.37 bits per heavy atom. The number of sulfone groups is 1. The van der Waals surface area contributed by atoms with Gasteiger partial charge in [-0.25, -0.2) is 8.42 Å². The van der Waals surface area contributed by atoms with E-state index in [9.17, 15) is 13.2 Å². The van der Waals surface area contributed by atoms with E-state index in [4.69, 9.17) is 0 Å². The monoisotopic (exact) mass is 282 g/mol. The average Bonchev–Trinajstić information content (AvgIpc) is 2.88. The van der Waals surface area contributed by atoms with Crippen LogP contribution in [-0.2, 0) is 9.84 Å². The zero-order valence-electron chi connectivity index (χ0n) is 10.8. The number of hydrogen-bond acceptors (Lipinski definition) is 4. The fourth-order valence-corrected chi connectivity index (χ4v) is 2.73. The average molecular weight is 282 g/mol. The van der Waals surface area contributed by atoms with Gasteiger partial charge in [0.15, 0.2) is 9.84 Å². The van der Waals surface area contributed by atoms with E-state index in [1.165, 1.54) is 24.3 Å². The molecule has 1 aliphatic rings. The maximum atomic E-state index is 11.9. The van der Waals surface area contributed by atoms with E-state index < -0.39 is 9.84 Å². The molecule has 1 aliphatic heterocycles. The third-order valence-electron chi connectivity index (χ3n) is 3.22. The predicted octanol–water partition coefficient (Wildman–Crippen LogP) is 0.572. The Hall–Kier alpha value is -1.40. The van der Waals surface area contributed by atoms with Gasteiger partial charge in [0.2, 0.25) is 0 Å². The zero-order valence-corrected chi connectivity index (χ0v) is 11.7. The number of carbonyl (C=O) groups excluding carboxylic acids is 1. The van der Waals surface area contributed by atoms with Crippen LogP contribution in [0.4, 0.5) is 0 Å². The second kappa shape index (κ2) is 5.71. The smallest absolute Gasteiger partial charge is 0.251 e. The minimum absolute atomic E-state index is 0.172. The molecule has 0 bridgehead atoms. The molecule has 19 heavy (non-hydrogen) atoms. The Kier molecular flexibility index (Phi) is 4.21. The summed E-state index contributed by atoms with van der Waals surface area (Å²) in [7, 11) is -3.21. The van der Waals surface area contributed by atoms with Gasteiger partial charge >= 0.3 is 0 Å². The van der Waals surface area contributed by atoms with Gasteiger partial charge in [-0.05, 0) is 43.7 Å². The van der Waals surface area contributed by atoms with Gasteiger partial charge in [-0.2, -0.15) is 0 Å². The minimum Gasteiger partial charge on any atom is -0.350 e. The van der Waals surface area contributed by atoms with E-state index in [-0.39, 0.29) is 10.8 Å². The molecule has 1 unspecified atom stereocenters. The van der Waals surface area contributed by atoms with Gasteiger partial charge in [0.05, 0.1) is 4.90 Å². The zero-order chi connectivity index (χ0) is 13.9. The van der Waals surface area contributed by atoms with Crippen molar-refractivity contribution in [1.29, 1.82) is 0 Å². The van der Waals surface area contributed by atoms with Crippen molar-refractivity contribution < 1.29 is 13.2 Å². The summed E-state index contributed by atoms with van der Waals surface area (Å²) in [4.78, 5) is 12.1. The number of hydrogen-bond donors (Lipinski definition) is 2. The lowest BCUT2D eigenvalue weighted by atomic mass is 10.2. The normalized spacial score (nSPS) is 19.3. The summed E-state index contributed by atoms with van der Waals surface area (Å²) >= 11 is 0. The lowest BCUT2D eigenvalue weighted by Gasteiger charge is -2.11. The highest BCUT2D eigenvalue weighted by Crippen LogP contribution is 2.10. The van der Waals surface area contributed by atoms with Crippen molar-refractivity contribution in [2.75, 3.05) is 19.3 Å². The lowest BCUT2D eigenvalue weighted by Crippen LogP contribution is -2.37. The number of rotatable bonds is 4. The van der Waals surface area contributed by atoms with Crippen LogP contribution in [0, 0.1) is 0 Å². The first-order valence-electron chi connectivity index (χ1n) is 6.28. The van der Waals surface area contributed by atoms with E-state index >= 15 is 0 Å². The van der Waals surface area contributed by atoms with E-state index in [0.717, 1.165) is 25.6 Å². The standard InChI is InChI=1S/C13H18N2O3S/c1-19(17,18)12-6-4-10(5-7-12)13(16)15-9-11-3-2-8-14-11/h4-7,11,14H,2-3,8-9H2,1H3,(H,15,16). The van der Waals surface area contributed by atoms with E-state index in [2.05, 4.69) is 10.6 Å². The van der Waals surface area contributed by atoms with Gasteiger partial charge in [0.25, 0.3) is 5.91 Å². The van der Waals surface area contributed by atoms with Crippen molar-refractivity contribution >= 4 is 15.7 Å². The lowest BCUT2D eigenvalue weighted by molar-refractivity contribution is 0.0950. The molecule has 2 rings (SSSR count). The Balaban J connectivity index is 1.95. The first kappa shape index (κ1) is 14.0. The quantitative estimate of drug-likeness (QED) is 0.846. The van der Waals surface area contributed by atoms with Crippen LogP contribution in [0.2, 0.25) is 0 Å². The van der Waals surface area contributed by atoms with Crippen LogP contribution in [-0.4, -0.2) is 39.7 Å². The summed E-state index contributed by atoms with van der Waals surface area (Å²) in [6.07, 6.45) is 3.37. The van der Waals surface area contributed by atoms with Crippen molar-refractivity contribution in [3.8, 4) is 0 Å². The molecule has 1 aromatic rings. The van der Waals surface area contributed by atoms with Crippen LogP contribution < -0.4 is 10.6 Å². The summed E-state index contributed by atoms with van der Waals surface area (Å²) in [6.45, 7) is 1.61. The molecule has 1 fully saturated rings. The number of nitrogens with one attached hydrogen (secondary N) is 2. The fraction of sp³-hybridized carbons (Fsp3) is 0.462. The Morgan fingerprint density at radius 2 is 2.05 bits per heavy atom. The molecule has 2 N–H and O–H groups in total. The van der Waals surface area contributed by atoms with Crippen molar-refractivity contribution in [3.05, 3.63) is 29.8 Å². The Bertz CT molecular complexity index is 546. The third-order valence-corrected chi connectivity index (χ3v) is 4.34. The Labute approximate surface area is 113 Å². The largest absolute Gasteiger partial charge is 0.350 e. The summed E-state index contributed by atoms with van der Waals surface area (Å²) in [6, 6.07) is 6.33. The molecule has 6 heteroatoms. The summed E-state index contributed by atoms with van der Waals surface area (Å²) in [5, 5.41) is 6.15. The first-order valence-corrected chi connectivity index (χ1v) is 8.17. The molecule has 0 aliphatic carbocycles. The number of benzene rings is 1. The van der Waals surface area contributed by atoms with Crippen LogP contribution in [0.15, 0.2) is 29.2 Å². The molecule has 0 radical (unpaired) electrons. The van der Waals surface area contributed by atoms with E-state index in [1.807, 2.05) is 0 Å². The van der Waals surface area contributed by atoms with Gasteiger partial charge in [-0.1, -0.05) is 0 Å². The minimum atomic E-state index is -3.21. The van der Waals surface area contributed by atoms with Gasteiger partial charge in [0, 0.05) is 24.4 Å². The number of amides is 1. The molecule has 1 amide bonds. The van der Waals surface area contributed by atoms with Crippen molar-refractivity contribution in [1.82, 2.24) is 10.6 Å². The van der Waals surface area contributed by atoms with Crippen molar-refractivity contribution in [3.63, 3.8) is 0 Å². The van der Waals surface area contributed by atoms with Crippen LogP contribution in [0.3, 0.4) is 0 Å². The first-order chi connectivity index (χ1) is 8.97. The molecule has 0 aromatic heterocycles. The molecule has 5 nitrogen and oxygen atoms in total. The predicted molar refractivity (Wildman–Crippen MR) is 72.9 cm³/mol. The van der Waals surface area contributed by atoms with Crippen LogP contribution in [0.5, 0.6) is 0 Å². The maximum absolute atomic E-state index is 11.9. The van der Waals surface area contributed by atoms with Gasteiger partial charge in [0.1, 0.15) is 0 Å². The van der Waals surface area contributed by atoms with Gasteiger partial charge in [-0.15, -0.1) is 0 Å². The molecule has 0 saturated carbocycles. The molecule has 104 valence electrons. The molecular weight excluding hydrogens is 264 g/mol. The van der Waals surface area contributed by atoms with Crippen molar-refractivity contribution in [2.24, 2.45) is 0 Å². The molecule has 1 saturated heterocycles. The van der Waals surface area contributed by atoms with Gasteiger partial charge < -0.3 is 10.6 Å². The topological polar surface area (TPSA) is 75.3 Å². The molecule has 1 heterocycles. The summed E-state index contributed by atoms with van der Waals surface area (Å²) < 4.78 is 22.6. The molecular formula is C13H18N2O3S. The van der Waals surface area contributed by atoms with E-state index in [1.54, 1.807) is 0 Å². The van der Waals surface area contributed by atoms with Crippen molar-refractivity contribution in [2.45, 2.75) is 23.8 Å². The highest BCUT2D eigenvalue weighted by Gasteiger charge is 2.15. The van der Waals surface area contributed by atoms with Crippen LogP contribution in [0.25, 0.3) is 0 Å². The molecule has 1 atom stereocenters. The molecule has 0 spiro atoms. The summed E-state index contributed by atoms with van der Waals surface area (Å²) in [5.74, 6) is -0.172. The summed E-state index contributed by atoms with van der Waals surface area (Å²) in [5.41, 5.74) is 0.477. The fourth-order valence-electron chi connectivity index (χ4n) is 2.10. The maximum Gasteiger partial charge on any atom is 0.251 e. The van der Waals surface area contributed by atoms with Gasteiger partial charge in [-0.3, -0.25) is 4.79 Å². The third kappa shape index (κ3) is 3.78.